The number of hydrogen-bond acceptors (Lipinski definition) is 6. The number of nitriles is 1. The third-order valence-corrected chi connectivity index (χ3v) is 7.18. The monoisotopic (exact) mass is 450 g/mol. The van der Waals surface area contributed by atoms with Crippen LogP contribution in [-0.2, 0) is 21.3 Å². The number of carbonyl (C=O) groups excluding carboxylic acids is 1. The van der Waals surface area contributed by atoms with Crippen molar-refractivity contribution in [2.75, 3.05) is 18.4 Å². The highest BCUT2D eigenvalue weighted by Gasteiger charge is 2.50. The predicted octanol–water partition coefficient (Wildman–Crippen LogP) is 2.18. The normalized spacial score (nSPS) is 15.5. The van der Waals surface area contributed by atoms with E-state index < -0.39 is 21.5 Å². The molecule has 10 heteroatoms. The average molecular weight is 451 g/mol. The van der Waals surface area contributed by atoms with Gasteiger partial charge in [0.1, 0.15) is 11.1 Å². The zero-order chi connectivity index (χ0) is 22.8. The molecule has 4 rings (SSSR count). The highest BCUT2D eigenvalue weighted by molar-refractivity contribution is 7.88. The molecule has 3 aromatic rings. The fourth-order valence-corrected chi connectivity index (χ4v) is 5.39. The summed E-state index contributed by atoms with van der Waals surface area (Å²) in [6.45, 7) is 0.167. The molecule has 9 nitrogen and oxygen atoms in total. The smallest absolute Gasteiger partial charge is 0.254 e. The molecule has 0 aliphatic carbocycles. The number of sulfonamides is 1. The van der Waals surface area contributed by atoms with Gasteiger partial charge in [0.2, 0.25) is 10.0 Å². The summed E-state index contributed by atoms with van der Waals surface area (Å²) in [5, 5.41) is 16.9. The van der Waals surface area contributed by atoms with Crippen LogP contribution in [0.25, 0.3) is 0 Å². The minimum atomic E-state index is -3.57. The number of benzene rings is 2. The zero-order valence-corrected chi connectivity index (χ0v) is 18.0. The number of carbonyl (C=O) groups is 1. The second-order valence-electron chi connectivity index (χ2n) is 7.76. The molecule has 2 aromatic carbocycles. The maximum absolute atomic E-state index is 12.9. The maximum atomic E-state index is 12.9. The zero-order valence-electron chi connectivity index (χ0n) is 17.2. The van der Waals surface area contributed by atoms with Gasteiger partial charge in [-0.05, 0) is 17.7 Å². The molecular formula is C22H22N6O3S. The van der Waals surface area contributed by atoms with Crippen LogP contribution in [0.1, 0.15) is 22.3 Å². The molecule has 32 heavy (non-hydrogen) atoms. The molecule has 2 heterocycles. The van der Waals surface area contributed by atoms with Gasteiger partial charge in [-0.3, -0.25) is 9.48 Å². The lowest BCUT2D eigenvalue weighted by Gasteiger charge is -2.47. The Morgan fingerprint density at radius 1 is 1.12 bits per heavy atom. The van der Waals surface area contributed by atoms with E-state index in [4.69, 9.17) is 5.73 Å². The molecular weight excluding hydrogens is 428 g/mol. The highest BCUT2D eigenvalue weighted by Crippen LogP contribution is 2.36. The molecule has 1 amide bonds. The van der Waals surface area contributed by atoms with Crippen LogP contribution in [0.4, 0.5) is 11.5 Å². The van der Waals surface area contributed by atoms with Crippen molar-refractivity contribution in [1.29, 1.82) is 5.26 Å². The number of aromatic nitrogens is 2. The number of nitrogens with two attached hydrogens (primary N) is 1. The molecule has 0 saturated carbocycles. The number of amides is 1. The predicted molar refractivity (Wildman–Crippen MR) is 119 cm³/mol. The molecule has 0 unspecified atom stereocenters. The Labute approximate surface area is 186 Å². The molecule has 1 aliphatic rings. The SMILES string of the molecule is N#CCC1(n2cc(C(N)=O)c(Nc3ccccc3)n2)CN(S(=O)(=O)Cc2ccccc2)C1. The van der Waals surface area contributed by atoms with Crippen molar-refractivity contribution in [1.82, 2.24) is 14.1 Å². The lowest BCUT2D eigenvalue weighted by molar-refractivity contribution is 0.0716. The van der Waals surface area contributed by atoms with E-state index in [-0.39, 0.29) is 36.6 Å². The quantitative estimate of drug-likeness (QED) is 0.540. The highest BCUT2D eigenvalue weighted by atomic mass is 32.2. The summed E-state index contributed by atoms with van der Waals surface area (Å²) >= 11 is 0. The van der Waals surface area contributed by atoms with Gasteiger partial charge in [-0.1, -0.05) is 48.5 Å². The summed E-state index contributed by atoms with van der Waals surface area (Å²) in [7, 11) is -3.57. The van der Waals surface area contributed by atoms with Gasteiger partial charge in [0, 0.05) is 25.0 Å². The molecule has 0 bridgehead atoms. The van der Waals surface area contributed by atoms with Crippen LogP contribution in [0.15, 0.2) is 66.9 Å². The first-order valence-corrected chi connectivity index (χ1v) is 11.5. The van der Waals surface area contributed by atoms with Crippen molar-refractivity contribution < 1.29 is 13.2 Å². The average Bonchev–Trinajstić information content (AvgIpc) is 3.15. The Kier molecular flexibility index (Phi) is 5.69. The van der Waals surface area contributed by atoms with Crippen LogP contribution in [0.2, 0.25) is 0 Å². The summed E-state index contributed by atoms with van der Waals surface area (Å²) in [4.78, 5) is 12.0. The van der Waals surface area contributed by atoms with E-state index >= 15 is 0 Å². The molecule has 1 aliphatic heterocycles. The largest absolute Gasteiger partial charge is 0.365 e. The number of hydrogen-bond donors (Lipinski definition) is 2. The van der Waals surface area contributed by atoms with Crippen molar-refractivity contribution >= 4 is 27.4 Å². The van der Waals surface area contributed by atoms with Gasteiger partial charge in [-0.15, -0.1) is 0 Å². The van der Waals surface area contributed by atoms with Crippen molar-refractivity contribution in [2.45, 2.75) is 17.7 Å². The van der Waals surface area contributed by atoms with E-state index in [1.807, 2.05) is 36.4 Å². The first-order chi connectivity index (χ1) is 15.3. The van der Waals surface area contributed by atoms with Crippen LogP contribution in [0, 0.1) is 11.3 Å². The summed E-state index contributed by atoms with van der Waals surface area (Å²) < 4.78 is 28.5. The fraction of sp³-hybridized carbons (Fsp3) is 0.227. The van der Waals surface area contributed by atoms with Gasteiger partial charge < -0.3 is 11.1 Å². The third-order valence-electron chi connectivity index (χ3n) is 5.44. The molecule has 164 valence electrons. The van der Waals surface area contributed by atoms with Crippen molar-refractivity contribution in [3.63, 3.8) is 0 Å². The number of nitrogens with zero attached hydrogens (tertiary/aromatic N) is 4. The molecule has 1 fully saturated rings. The standard InChI is InChI=1S/C22H22N6O3S/c23-12-11-22(15-27(16-22)32(30,31)14-17-7-3-1-4-8-17)28-13-19(20(24)29)21(26-28)25-18-9-5-2-6-10-18/h1-10,13H,11,14-16H2,(H2,24,29)(H,25,26). The second-order valence-corrected chi connectivity index (χ2v) is 9.73. The number of para-hydroxylation sites is 1. The van der Waals surface area contributed by atoms with Gasteiger partial charge in [0.25, 0.3) is 5.91 Å². The number of anilines is 2. The Bertz CT molecular complexity index is 1260. The lowest BCUT2D eigenvalue weighted by atomic mass is 9.89. The Morgan fingerprint density at radius 2 is 1.75 bits per heavy atom. The van der Waals surface area contributed by atoms with Gasteiger partial charge in [0.05, 0.1) is 18.2 Å². The van der Waals surface area contributed by atoms with E-state index in [0.29, 0.717) is 5.56 Å². The maximum Gasteiger partial charge on any atom is 0.254 e. The van der Waals surface area contributed by atoms with Gasteiger partial charge in [-0.25, -0.2) is 8.42 Å². The molecule has 1 saturated heterocycles. The molecule has 0 spiro atoms. The minimum Gasteiger partial charge on any atom is -0.365 e. The number of rotatable bonds is 8. The van der Waals surface area contributed by atoms with Gasteiger partial charge >= 0.3 is 0 Å². The summed E-state index contributed by atoms with van der Waals surface area (Å²) in [6.07, 6.45) is 1.51. The first kappa shape index (κ1) is 21.5. The van der Waals surface area contributed by atoms with Crippen LogP contribution in [0.5, 0.6) is 0 Å². The second kappa shape index (κ2) is 8.45. The Balaban J connectivity index is 1.59. The summed E-state index contributed by atoms with van der Waals surface area (Å²) in [5.41, 5.74) is 6.23. The summed E-state index contributed by atoms with van der Waals surface area (Å²) in [5.74, 6) is -0.538. The third kappa shape index (κ3) is 4.21. The van der Waals surface area contributed by atoms with E-state index in [1.54, 1.807) is 24.3 Å². The molecule has 1 aromatic heterocycles. The van der Waals surface area contributed by atoms with Gasteiger partial charge in [-0.2, -0.15) is 14.7 Å². The first-order valence-electron chi connectivity index (χ1n) is 9.94. The minimum absolute atomic E-state index is 0.0367. The lowest BCUT2D eigenvalue weighted by Crippen LogP contribution is -2.64. The van der Waals surface area contributed by atoms with Crippen molar-refractivity contribution in [3.05, 3.63) is 78.0 Å². The number of nitrogens with one attached hydrogen (secondary N) is 1. The van der Waals surface area contributed by atoms with Crippen LogP contribution in [0.3, 0.4) is 0 Å². The van der Waals surface area contributed by atoms with Crippen LogP contribution >= 0.6 is 0 Å². The summed E-state index contributed by atoms with van der Waals surface area (Å²) in [6, 6.07) is 20.2. The Morgan fingerprint density at radius 3 is 2.34 bits per heavy atom. The topological polar surface area (TPSA) is 134 Å². The van der Waals surface area contributed by atoms with E-state index in [2.05, 4.69) is 16.5 Å². The van der Waals surface area contributed by atoms with Crippen molar-refractivity contribution in [3.8, 4) is 6.07 Å². The van der Waals surface area contributed by atoms with Gasteiger partial charge in [0.15, 0.2) is 5.82 Å². The fourth-order valence-electron chi connectivity index (χ4n) is 3.72. The van der Waals surface area contributed by atoms with E-state index in [9.17, 15) is 18.5 Å². The van der Waals surface area contributed by atoms with E-state index in [1.165, 1.54) is 15.2 Å². The van der Waals surface area contributed by atoms with Crippen LogP contribution < -0.4 is 11.1 Å². The molecule has 3 N–H and O–H groups in total. The molecule has 0 radical (unpaired) electrons. The molecule has 0 atom stereocenters. The van der Waals surface area contributed by atoms with Crippen LogP contribution in [-0.4, -0.2) is 41.5 Å². The van der Waals surface area contributed by atoms with Crippen molar-refractivity contribution in [2.24, 2.45) is 5.73 Å². The van der Waals surface area contributed by atoms with E-state index in [0.717, 1.165) is 5.69 Å². The number of primary amides is 1. The Hall–Kier alpha value is -3.68.